The van der Waals surface area contributed by atoms with Crippen molar-refractivity contribution in [3.05, 3.63) is 48.7 Å². The molecule has 2 aliphatic heterocycles. The molecular weight excluding hydrogens is 388 g/mol. The number of pyridine rings is 3. The fourth-order valence-electron chi connectivity index (χ4n) is 5.26. The molecule has 31 heavy (non-hydrogen) atoms. The maximum absolute atomic E-state index is 9.77. The summed E-state index contributed by atoms with van der Waals surface area (Å²) in [5, 5.41) is 11.6. The zero-order chi connectivity index (χ0) is 20.9. The molecule has 0 aromatic carbocycles. The highest BCUT2D eigenvalue weighted by Crippen LogP contribution is 2.40. The number of aromatic nitrogens is 4. The van der Waals surface area contributed by atoms with Gasteiger partial charge < -0.3 is 14.6 Å². The first kappa shape index (κ1) is 18.3. The summed E-state index contributed by atoms with van der Waals surface area (Å²) in [6.45, 7) is 0. The number of rotatable bonds is 3. The molecule has 2 bridgehead atoms. The molecule has 2 aliphatic rings. The number of hydrogen-bond acceptors (Lipinski definition) is 6. The van der Waals surface area contributed by atoms with Gasteiger partial charge in [0.1, 0.15) is 17.8 Å². The van der Waals surface area contributed by atoms with Crippen LogP contribution in [-0.4, -0.2) is 50.1 Å². The van der Waals surface area contributed by atoms with Gasteiger partial charge in [0.25, 0.3) is 0 Å². The van der Waals surface area contributed by atoms with Crippen LogP contribution >= 0.6 is 0 Å². The van der Waals surface area contributed by atoms with Crippen molar-refractivity contribution in [2.75, 3.05) is 7.05 Å². The summed E-state index contributed by atoms with van der Waals surface area (Å²) in [6.07, 6.45) is 11.6. The second kappa shape index (κ2) is 7.03. The maximum Gasteiger partial charge on any atom is 0.183 e. The van der Waals surface area contributed by atoms with Gasteiger partial charge in [0, 0.05) is 41.6 Å². The van der Waals surface area contributed by atoms with Crippen LogP contribution in [0.25, 0.3) is 33.1 Å². The van der Waals surface area contributed by atoms with Gasteiger partial charge in [0.2, 0.25) is 0 Å². The minimum atomic E-state index is 0.0921. The predicted molar refractivity (Wildman–Crippen MR) is 118 cm³/mol. The number of aromatic amines is 1. The zero-order valence-electron chi connectivity index (χ0n) is 17.2. The van der Waals surface area contributed by atoms with Gasteiger partial charge >= 0.3 is 0 Å². The SMILES string of the molecule is CN1C2CCC1CC(Oc1c(C#N)ncc3[nH]c4ncc(-c5ccncc5)cc4c13)C2. The molecule has 0 aliphatic carbocycles. The first-order valence-corrected chi connectivity index (χ1v) is 10.7. The fourth-order valence-corrected chi connectivity index (χ4v) is 5.26. The monoisotopic (exact) mass is 410 g/mol. The summed E-state index contributed by atoms with van der Waals surface area (Å²) in [5.74, 6) is 0.578. The van der Waals surface area contributed by atoms with E-state index in [-0.39, 0.29) is 6.10 Å². The van der Waals surface area contributed by atoms with Crippen LogP contribution in [0.1, 0.15) is 31.4 Å². The quantitative estimate of drug-likeness (QED) is 0.548. The lowest BCUT2D eigenvalue weighted by Gasteiger charge is -2.36. The lowest BCUT2D eigenvalue weighted by Crippen LogP contribution is -2.43. The van der Waals surface area contributed by atoms with E-state index < -0.39 is 0 Å². The molecule has 0 radical (unpaired) electrons. The van der Waals surface area contributed by atoms with Crippen LogP contribution in [0.2, 0.25) is 0 Å². The van der Waals surface area contributed by atoms with Crippen molar-refractivity contribution < 1.29 is 4.74 Å². The zero-order valence-corrected chi connectivity index (χ0v) is 17.2. The van der Waals surface area contributed by atoms with E-state index >= 15 is 0 Å². The van der Waals surface area contributed by atoms with E-state index in [9.17, 15) is 5.26 Å². The summed E-state index contributed by atoms with van der Waals surface area (Å²) in [7, 11) is 2.22. The van der Waals surface area contributed by atoms with Gasteiger partial charge in [-0.3, -0.25) is 4.98 Å². The standard InChI is InChI=1S/C24H22N6O/c1-30-16-2-3-17(30)10-18(9-16)31-23-20(11-25)27-13-21-22(23)19-8-15(12-28-24(19)29-21)14-4-6-26-7-5-14/h4-8,12-13,16-18H,2-3,9-10H2,1H3,(H,28,29). The molecule has 154 valence electrons. The van der Waals surface area contributed by atoms with Crippen molar-refractivity contribution in [2.45, 2.75) is 43.9 Å². The fraction of sp³-hybridized carbons (Fsp3) is 0.333. The number of H-pyrrole nitrogens is 1. The van der Waals surface area contributed by atoms with Crippen LogP contribution in [0.4, 0.5) is 0 Å². The molecule has 4 aromatic rings. The van der Waals surface area contributed by atoms with Gasteiger partial charge in [-0.15, -0.1) is 0 Å². The van der Waals surface area contributed by atoms with E-state index in [1.54, 1.807) is 18.6 Å². The summed E-state index contributed by atoms with van der Waals surface area (Å²) >= 11 is 0. The number of fused-ring (bicyclic) bond motifs is 5. The van der Waals surface area contributed by atoms with E-state index in [2.05, 4.69) is 44.0 Å². The summed E-state index contributed by atoms with van der Waals surface area (Å²) < 4.78 is 6.56. The molecule has 2 saturated heterocycles. The minimum Gasteiger partial charge on any atom is -0.487 e. The van der Waals surface area contributed by atoms with Gasteiger partial charge in [0.05, 0.1) is 17.1 Å². The van der Waals surface area contributed by atoms with Gasteiger partial charge in [-0.1, -0.05) is 0 Å². The van der Waals surface area contributed by atoms with Crippen LogP contribution < -0.4 is 4.74 Å². The van der Waals surface area contributed by atoms with Gasteiger partial charge in [0.15, 0.2) is 11.4 Å². The van der Waals surface area contributed by atoms with E-state index in [4.69, 9.17) is 4.74 Å². The number of nitrogens with one attached hydrogen (secondary N) is 1. The Morgan fingerprint density at radius 1 is 1.10 bits per heavy atom. The molecule has 6 heterocycles. The molecule has 1 N–H and O–H groups in total. The van der Waals surface area contributed by atoms with Crippen molar-refractivity contribution in [3.63, 3.8) is 0 Å². The highest BCUT2D eigenvalue weighted by atomic mass is 16.5. The smallest absolute Gasteiger partial charge is 0.183 e. The normalized spacial score (nSPS) is 23.3. The topological polar surface area (TPSA) is 90.7 Å². The highest BCUT2D eigenvalue weighted by Gasteiger charge is 2.39. The van der Waals surface area contributed by atoms with E-state index in [1.807, 2.05) is 18.3 Å². The molecule has 7 heteroatoms. The van der Waals surface area contributed by atoms with Gasteiger partial charge in [-0.25, -0.2) is 9.97 Å². The number of nitriles is 1. The molecule has 4 aromatic heterocycles. The lowest BCUT2D eigenvalue weighted by molar-refractivity contribution is 0.0667. The van der Waals surface area contributed by atoms with Crippen molar-refractivity contribution in [3.8, 4) is 22.9 Å². The first-order valence-electron chi connectivity index (χ1n) is 10.7. The Hall–Kier alpha value is -3.50. The summed E-state index contributed by atoms with van der Waals surface area (Å²) in [4.78, 5) is 18.9. The highest BCUT2D eigenvalue weighted by molar-refractivity contribution is 6.10. The molecule has 0 spiro atoms. The number of ether oxygens (including phenoxy) is 1. The molecular formula is C24H22N6O. The van der Waals surface area contributed by atoms with Crippen LogP contribution in [-0.2, 0) is 0 Å². The van der Waals surface area contributed by atoms with Gasteiger partial charge in [-0.05, 0) is 56.5 Å². The third kappa shape index (κ3) is 2.94. The Balaban J connectivity index is 1.48. The molecule has 2 fully saturated rings. The van der Waals surface area contributed by atoms with Crippen molar-refractivity contribution in [2.24, 2.45) is 0 Å². The third-order valence-corrected chi connectivity index (χ3v) is 6.90. The first-order chi connectivity index (χ1) is 15.2. The van der Waals surface area contributed by atoms with E-state index in [0.717, 1.165) is 45.9 Å². The lowest BCUT2D eigenvalue weighted by atomic mass is 10.0. The predicted octanol–water partition coefficient (Wildman–Crippen LogP) is 4.05. The Kier molecular flexibility index (Phi) is 4.15. The molecule has 6 rings (SSSR count). The average molecular weight is 410 g/mol. The number of piperidine rings is 1. The second-order valence-corrected chi connectivity index (χ2v) is 8.58. The molecule has 0 amide bonds. The molecule has 2 unspecified atom stereocenters. The molecule has 0 saturated carbocycles. The number of nitrogens with zero attached hydrogens (tertiary/aromatic N) is 5. The number of hydrogen-bond donors (Lipinski definition) is 1. The Morgan fingerprint density at radius 3 is 2.61 bits per heavy atom. The Bertz CT molecular complexity index is 1310. The minimum absolute atomic E-state index is 0.0921. The second-order valence-electron chi connectivity index (χ2n) is 8.58. The summed E-state index contributed by atoms with van der Waals surface area (Å²) in [5.41, 5.74) is 3.96. The van der Waals surface area contributed by atoms with Crippen LogP contribution in [0.5, 0.6) is 5.75 Å². The largest absolute Gasteiger partial charge is 0.487 e. The maximum atomic E-state index is 9.77. The average Bonchev–Trinajstić information content (AvgIpc) is 3.26. The Morgan fingerprint density at radius 2 is 1.87 bits per heavy atom. The van der Waals surface area contributed by atoms with E-state index in [1.165, 1.54) is 12.8 Å². The molecule has 7 nitrogen and oxygen atoms in total. The van der Waals surface area contributed by atoms with Crippen LogP contribution in [0.15, 0.2) is 43.0 Å². The van der Waals surface area contributed by atoms with Crippen molar-refractivity contribution in [1.82, 2.24) is 24.8 Å². The third-order valence-electron chi connectivity index (χ3n) is 6.90. The van der Waals surface area contributed by atoms with Crippen LogP contribution in [0.3, 0.4) is 0 Å². The van der Waals surface area contributed by atoms with Crippen molar-refractivity contribution >= 4 is 21.9 Å². The Labute approximate surface area is 179 Å². The summed E-state index contributed by atoms with van der Waals surface area (Å²) in [6, 6.07) is 9.38. The molecule has 2 atom stereocenters. The van der Waals surface area contributed by atoms with E-state index in [0.29, 0.717) is 23.5 Å². The van der Waals surface area contributed by atoms with Crippen molar-refractivity contribution in [1.29, 1.82) is 5.26 Å². The van der Waals surface area contributed by atoms with Gasteiger partial charge in [-0.2, -0.15) is 5.26 Å². The van der Waals surface area contributed by atoms with Crippen LogP contribution in [0, 0.1) is 11.3 Å².